The van der Waals surface area contributed by atoms with Crippen LogP contribution in [0.15, 0.2) is 0 Å². The average Bonchev–Trinajstić information content (AvgIpc) is 3.27. The molecule has 0 aromatic heterocycles. The van der Waals surface area contributed by atoms with E-state index in [1.807, 2.05) is 9.80 Å². The van der Waals surface area contributed by atoms with E-state index in [2.05, 4.69) is 13.8 Å². The van der Waals surface area contributed by atoms with Crippen LogP contribution in [0.25, 0.3) is 0 Å². The summed E-state index contributed by atoms with van der Waals surface area (Å²) in [5, 5.41) is 0. The first kappa shape index (κ1) is 12.0. The zero-order valence-corrected chi connectivity index (χ0v) is 11.3. The normalized spacial score (nSPS) is 38.6. The number of hydrogen-bond acceptors (Lipinski definition) is 2. The molecule has 2 saturated carbocycles. The topological polar surface area (TPSA) is 40.6 Å². The lowest BCUT2D eigenvalue weighted by Gasteiger charge is -2.35. The largest absolute Gasteiger partial charge is 0.339 e. The molecule has 100 valence electrons. The van der Waals surface area contributed by atoms with Crippen LogP contribution < -0.4 is 0 Å². The number of nitrogens with zero attached hydrogens (tertiary/aromatic N) is 2. The van der Waals surface area contributed by atoms with Gasteiger partial charge in [-0.05, 0) is 24.7 Å². The molecule has 0 bridgehead atoms. The summed E-state index contributed by atoms with van der Waals surface area (Å²) in [7, 11) is 0. The van der Waals surface area contributed by atoms with E-state index in [4.69, 9.17) is 0 Å². The van der Waals surface area contributed by atoms with E-state index in [1.54, 1.807) is 0 Å². The summed E-state index contributed by atoms with van der Waals surface area (Å²) in [6.45, 7) is 7.20. The summed E-state index contributed by atoms with van der Waals surface area (Å²) in [6, 6.07) is 0. The molecular weight excluding hydrogens is 228 g/mol. The Kier molecular flexibility index (Phi) is 2.83. The van der Waals surface area contributed by atoms with Crippen molar-refractivity contribution in [3.05, 3.63) is 0 Å². The SMILES string of the molecule is CC1CC1C(=O)N1CCN(C(=O)C2CC2C)CC1. The Hall–Kier alpha value is -1.06. The van der Waals surface area contributed by atoms with Crippen LogP contribution in [0, 0.1) is 23.7 Å². The van der Waals surface area contributed by atoms with Gasteiger partial charge in [0.2, 0.25) is 11.8 Å². The highest BCUT2D eigenvalue weighted by molar-refractivity contribution is 5.83. The van der Waals surface area contributed by atoms with Crippen molar-refractivity contribution >= 4 is 11.8 Å². The first-order chi connectivity index (χ1) is 8.58. The van der Waals surface area contributed by atoms with Gasteiger partial charge in [-0.25, -0.2) is 0 Å². The fourth-order valence-electron chi connectivity index (χ4n) is 2.95. The van der Waals surface area contributed by atoms with Gasteiger partial charge < -0.3 is 9.80 Å². The van der Waals surface area contributed by atoms with Gasteiger partial charge in [-0.1, -0.05) is 13.8 Å². The molecule has 3 rings (SSSR count). The molecule has 2 aliphatic carbocycles. The van der Waals surface area contributed by atoms with Crippen LogP contribution >= 0.6 is 0 Å². The minimum absolute atomic E-state index is 0.274. The second-order valence-corrected chi connectivity index (χ2v) is 6.29. The van der Waals surface area contributed by atoms with Crippen molar-refractivity contribution in [1.82, 2.24) is 9.80 Å². The molecule has 1 saturated heterocycles. The minimum atomic E-state index is 0.274. The highest BCUT2D eigenvalue weighted by Gasteiger charge is 2.44. The van der Waals surface area contributed by atoms with Crippen molar-refractivity contribution in [3.63, 3.8) is 0 Å². The number of hydrogen-bond donors (Lipinski definition) is 0. The van der Waals surface area contributed by atoms with Crippen LogP contribution in [0.2, 0.25) is 0 Å². The number of amides is 2. The van der Waals surface area contributed by atoms with E-state index in [9.17, 15) is 9.59 Å². The number of piperazine rings is 1. The first-order valence-electron chi connectivity index (χ1n) is 7.15. The van der Waals surface area contributed by atoms with Gasteiger partial charge in [0.25, 0.3) is 0 Å². The van der Waals surface area contributed by atoms with Crippen LogP contribution in [0.5, 0.6) is 0 Å². The maximum Gasteiger partial charge on any atom is 0.226 e. The number of carbonyl (C=O) groups excluding carboxylic acids is 2. The molecule has 4 nitrogen and oxygen atoms in total. The first-order valence-corrected chi connectivity index (χ1v) is 7.15. The molecule has 0 aromatic rings. The van der Waals surface area contributed by atoms with Crippen molar-refractivity contribution in [2.45, 2.75) is 26.7 Å². The molecule has 3 aliphatic rings. The minimum Gasteiger partial charge on any atom is -0.339 e. The molecule has 4 unspecified atom stereocenters. The van der Waals surface area contributed by atoms with Crippen molar-refractivity contribution in [1.29, 1.82) is 0 Å². The van der Waals surface area contributed by atoms with Gasteiger partial charge in [-0.2, -0.15) is 0 Å². The Balaban J connectivity index is 1.49. The van der Waals surface area contributed by atoms with Gasteiger partial charge in [0, 0.05) is 38.0 Å². The maximum atomic E-state index is 12.1. The van der Waals surface area contributed by atoms with E-state index in [1.165, 1.54) is 0 Å². The fourth-order valence-corrected chi connectivity index (χ4v) is 2.95. The molecule has 18 heavy (non-hydrogen) atoms. The summed E-state index contributed by atoms with van der Waals surface area (Å²) in [4.78, 5) is 28.0. The number of rotatable bonds is 2. The van der Waals surface area contributed by atoms with Gasteiger partial charge >= 0.3 is 0 Å². The highest BCUT2D eigenvalue weighted by atomic mass is 16.2. The van der Waals surface area contributed by atoms with E-state index in [0.29, 0.717) is 23.7 Å². The van der Waals surface area contributed by atoms with Gasteiger partial charge in [0.1, 0.15) is 0 Å². The summed E-state index contributed by atoms with van der Waals surface area (Å²) in [6.07, 6.45) is 2.11. The molecule has 0 aromatic carbocycles. The Bertz CT molecular complexity index is 338. The van der Waals surface area contributed by atoms with Gasteiger partial charge in [-0.3, -0.25) is 9.59 Å². The summed E-state index contributed by atoms with van der Waals surface area (Å²) < 4.78 is 0. The lowest BCUT2D eigenvalue weighted by Crippen LogP contribution is -2.51. The number of carbonyl (C=O) groups is 2. The quantitative estimate of drug-likeness (QED) is 0.732. The third-order valence-electron chi connectivity index (χ3n) is 4.76. The van der Waals surface area contributed by atoms with Crippen molar-refractivity contribution < 1.29 is 9.59 Å². The van der Waals surface area contributed by atoms with Crippen molar-refractivity contribution in [3.8, 4) is 0 Å². The zero-order valence-electron chi connectivity index (χ0n) is 11.3. The van der Waals surface area contributed by atoms with Crippen LogP contribution in [-0.2, 0) is 9.59 Å². The summed E-state index contributed by atoms with van der Waals surface area (Å²) >= 11 is 0. The second kappa shape index (κ2) is 4.25. The van der Waals surface area contributed by atoms with Crippen LogP contribution in [0.1, 0.15) is 26.7 Å². The highest BCUT2D eigenvalue weighted by Crippen LogP contribution is 2.40. The third-order valence-corrected chi connectivity index (χ3v) is 4.76. The van der Waals surface area contributed by atoms with E-state index >= 15 is 0 Å². The smallest absolute Gasteiger partial charge is 0.226 e. The molecule has 0 radical (unpaired) electrons. The van der Waals surface area contributed by atoms with Gasteiger partial charge in [0.15, 0.2) is 0 Å². The molecule has 1 aliphatic heterocycles. The fraction of sp³-hybridized carbons (Fsp3) is 0.857. The van der Waals surface area contributed by atoms with Gasteiger partial charge in [-0.15, -0.1) is 0 Å². The van der Waals surface area contributed by atoms with E-state index < -0.39 is 0 Å². The van der Waals surface area contributed by atoms with Crippen LogP contribution in [0.3, 0.4) is 0 Å². The van der Waals surface area contributed by atoms with Crippen molar-refractivity contribution in [2.75, 3.05) is 26.2 Å². The molecule has 3 fully saturated rings. The summed E-state index contributed by atoms with van der Waals surface area (Å²) in [5.41, 5.74) is 0. The second-order valence-electron chi connectivity index (χ2n) is 6.29. The Morgan fingerprint density at radius 1 is 0.778 bits per heavy atom. The van der Waals surface area contributed by atoms with E-state index in [0.717, 1.165) is 39.0 Å². The Labute approximate surface area is 108 Å². The molecule has 4 heteroatoms. The molecule has 0 N–H and O–H groups in total. The molecule has 0 spiro atoms. The van der Waals surface area contributed by atoms with Crippen molar-refractivity contribution in [2.24, 2.45) is 23.7 Å². The predicted octanol–water partition coefficient (Wildman–Crippen LogP) is 0.969. The molecule has 1 heterocycles. The Morgan fingerprint density at radius 2 is 1.06 bits per heavy atom. The lowest BCUT2D eigenvalue weighted by atomic mass is 10.2. The predicted molar refractivity (Wildman–Crippen MR) is 67.7 cm³/mol. The standard InChI is InChI=1S/C14H22N2O2/c1-9-7-11(9)13(17)15-3-5-16(6-4-15)14(18)12-8-10(12)2/h9-12H,3-8H2,1-2H3. The third kappa shape index (κ3) is 2.13. The molecule has 2 amide bonds. The average molecular weight is 250 g/mol. The zero-order chi connectivity index (χ0) is 12.9. The molecule has 4 atom stereocenters. The van der Waals surface area contributed by atoms with Gasteiger partial charge in [0.05, 0.1) is 0 Å². The Morgan fingerprint density at radius 3 is 1.28 bits per heavy atom. The maximum absolute atomic E-state index is 12.1. The van der Waals surface area contributed by atoms with E-state index in [-0.39, 0.29) is 11.8 Å². The monoisotopic (exact) mass is 250 g/mol. The van der Waals surface area contributed by atoms with Crippen LogP contribution in [-0.4, -0.2) is 47.8 Å². The lowest BCUT2D eigenvalue weighted by molar-refractivity contribution is -0.141. The summed E-state index contributed by atoms with van der Waals surface area (Å²) in [5.74, 6) is 2.32. The molecular formula is C14H22N2O2. The van der Waals surface area contributed by atoms with Crippen LogP contribution in [0.4, 0.5) is 0 Å².